The highest BCUT2D eigenvalue weighted by molar-refractivity contribution is 7.12. The maximum absolute atomic E-state index is 12.6. The van der Waals surface area contributed by atoms with E-state index in [4.69, 9.17) is 9.47 Å². The van der Waals surface area contributed by atoms with E-state index in [0.29, 0.717) is 33.4 Å². The van der Waals surface area contributed by atoms with Crippen molar-refractivity contribution in [1.29, 1.82) is 0 Å². The lowest BCUT2D eigenvalue weighted by Crippen LogP contribution is -3.00. The Hall–Kier alpha value is -4.15. The number of halogens is 1. The number of aromatic nitrogens is 1. The van der Waals surface area contributed by atoms with Crippen LogP contribution in [-0.4, -0.2) is 36.9 Å². The van der Waals surface area contributed by atoms with Gasteiger partial charge in [0, 0.05) is 36.6 Å². The van der Waals surface area contributed by atoms with Crippen molar-refractivity contribution in [3.63, 3.8) is 0 Å². The molecule has 2 heterocycles. The molecule has 37 heavy (non-hydrogen) atoms. The monoisotopic (exact) mass is 539 g/mol. The van der Waals surface area contributed by atoms with Crippen molar-refractivity contribution in [2.75, 3.05) is 30.2 Å². The van der Waals surface area contributed by atoms with Crippen LogP contribution < -0.4 is 37.8 Å². The van der Waals surface area contributed by atoms with Gasteiger partial charge >= 0.3 is 0 Å². The average molecular weight is 540 g/mol. The lowest BCUT2D eigenvalue weighted by atomic mass is 10.1. The standard InChI is InChI=1S/C26H24N4O5S.ClH/c1-34-21-15-20(30-26(33)23-9-5-13-36-23)22(35-2)14-19(21)29-25(32)11-10-24(31)28-18-8-3-7-17-16(18)6-4-12-27-17;/h3-9,12-15H,10-11H2,1-2H3,(H,28,31)(H,29,32)(H,30,33);1H/p-1. The highest BCUT2D eigenvalue weighted by atomic mass is 35.5. The second kappa shape index (κ2) is 12.7. The zero-order valence-electron chi connectivity index (χ0n) is 20.0. The quantitative estimate of drug-likeness (QED) is 0.299. The molecule has 0 saturated heterocycles. The van der Waals surface area contributed by atoms with Gasteiger partial charge in [-0.25, -0.2) is 0 Å². The fourth-order valence-corrected chi connectivity index (χ4v) is 4.17. The molecule has 2 aromatic heterocycles. The van der Waals surface area contributed by atoms with Gasteiger partial charge < -0.3 is 37.8 Å². The smallest absolute Gasteiger partial charge is 0.265 e. The summed E-state index contributed by atoms with van der Waals surface area (Å²) in [6.07, 6.45) is 1.62. The molecule has 0 aliphatic carbocycles. The minimum atomic E-state index is -0.375. The molecule has 9 nitrogen and oxygen atoms in total. The van der Waals surface area contributed by atoms with E-state index in [9.17, 15) is 14.4 Å². The third-order valence-corrected chi connectivity index (χ3v) is 6.16. The number of carbonyl (C=O) groups is 3. The van der Waals surface area contributed by atoms with E-state index in [1.807, 2.05) is 23.6 Å². The van der Waals surface area contributed by atoms with Gasteiger partial charge in [-0.2, -0.15) is 0 Å². The minimum absolute atomic E-state index is 0. The molecule has 11 heteroatoms. The van der Waals surface area contributed by atoms with Gasteiger partial charge in [0.2, 0.25) is 11.8 Å². The number of carbonyl (C=O) groups excluding carboxylic acids is 3. The predicted molar refractivity (Wildman–Crippen MR) is 140 cm³/mol. The zero-order chi connectivity index (χ0) is 25.5. The van der Waals surface area contributed by atoms with E-state index >= 15 is 0 Å². The second-order valence-electron chi connectivity index (χ2n) is 7.66. The maximum Gasteiger partial charge on any atom is 0.265 e. The van der Waals surface area contributed by atoms with E-state index < -0.39 is 0 Å². The predicted octanol–water partition coefficient (Wildman–Crippen LogP) is 1.93. The Morgan fingerprint density at radius 3 is 2.08 bits per heavy atom. The number of amides is 3. The van der Waals surface area contributed by atoms with Gasteiger partial charge in [0.25, 0.3) is 5.91 Å². The van der Waals surface area contributed by atoms with Gasteiger partial charge in [0.15, 0.2) is 0 Å². The molecule has 0 radical (unpaired) electrons. The molecule has 0 unspecified atom stereocenters. The van der Waals surface area contributed by atoms with Gasteiger partial charge in [-0.15, -0.1) is 11.3 Å². The molecular formula is C26H24ClN4O5S-. The molecule has 0 saturated carbocycles. The minimum Gasteiger partial charge on any atom is -1.00 e. The van der Waals surface area contributed by atoms with Crippen LogP contribution in [0.5, 0.6) is 11.5 Å². The van der Waals surface area contributed by atoms with Crippen LogP contribution >= 0.6 is 11.3 Å². The van der Waals surface area contributed by atoms with Crippen molar-refractivity contribution in [1.82, 2.24) is 4.98 Å². The van der Waals surface area contributed by atoms with E-state index in [1.165, 1.54) is 25.6 Å². The third-order valence-electron chi connectivity index (χ3n) is 5.29. The highest BCUT2D eigenvalue weighted by Gasteiger charge is 2.17. The molecule has 2 aromatic carbocycles. The Kier molecular flexibility index (Phi) is 9.42. The normalized spacial score (nSPS) is 10.2. The number of rotatable bonds is 9. The number of thiophene rings is 1. The molecule has 0 bridgehead atoms. The summed E-state index contributed by atoms with van der Waals surface area (Å²) in [6.45, 7) is 0. The van der Waals surface area contributed by atoms with Crippen LogP contribution in [0.15, 0.2) is 66.2 Å². The highest BCUT2D eigenvalue weighted by Crippen LogP contribution is 2.37. The first-order valence-corrected chi connectivity index (χ1v) is 11.9. The number of ether oxygens (including phenoxy) is 2. The molecule has 0 atom stereocenters. The molecular weight excluding hydrogens is 516 g/mol. The molecule has 192 valence electrons. The van der Waals surface area contributed by atoms with Crippen molar-refractivity contribution >= 4 is 57.0 Å². The molecule has 4 rings (SSSR count). The van der Waals surface area contributed by atoms with Crippen LogP contribution in [0.1, 0.15) is 22.5 Å². The summed E-state index contributed by atoms with van der Waals surface area (Å²) >= 11 is 1.32. The molecule has 4 aromatic rings. The molecule has 3 N–H and O–H groups in total. The Morgan fingerprint density at radius 2 is 1.46 bits per heavy atom. The van der Waals surface area contributed by atoms with Gasteiger partial charge in [0.05, 0.1) is 41.7 Å². The summed E-state index contributed by atoms with van der Waals surface area (Å²) in [5, 5.41) is 11.0. The summed E-state index contributed by atoms with van der Waals surface area (Å²) in [7, 11) is 2.91. The number of nitrogens with zero attached hydrogens (tertiary/aromatic N) is 1. The molecule has 3 amide bonds. The zero-order valence-corrected chi connectivity index (χ0v) is 21.6. The number of anilines is 3. The summed E-state index contributed by atoms with van der Waals surface area (Å²) < 4.78 is 10.8. The van der Waals surface area contributed by atoms with Crippen molar-refractivity contribution in [3.05, 3.63) is 71.1 Å². The molecule has 0 aliphatic rings. The average Bonchev–Trinajstić information content (AvgIpc) is 3.44. The number of nitrogens with one attached hydrogen (secondary N) is 3. The number of pyridine rings is 1. The van der Waals surface area contributed by atoms with Crippen LogP contribution in [0.3, 0.4) is 0 Å². The van der Waals surface area contributed by atoms with Crippen molar-refractivity contribution < 1.29 is 36.3 Å². The fraction of sp³-hybridized carbons (Fsp3) is 0.154. The number of fused-ring (bicyclic) bond motifs is 1. The van der Waals surface area contributed by atoms with Crippen LogP contribution in [0.2, 0.25) is 0 Å². The summed E-state index contributed by atoms with van der Waals surface area (Å²) in [4.78, 5) is 42.4. The SMILES string of the molecule is COc1cc(NC(=O)c2cccs2)c(OC)cc1NC(=O)CCC(=O)Nc1cccc2ncccc12.[Cl-]. The Bertz CT molecular complexity index is 1410. The van der Waals surface area contributed by atoms with E-state index in [-0.39, 0.29) is 43.0 Å². The lowest BCUT2D eigenvalue weighted by Gasteiger charge is -2.16. The lowest BCUT2D eigenvalue weighted by molar-refractivity contribution is -0.121. The van der Waals surface area contributed by atoms with Crippen LogP contribution in [0.4, 0.5) is 17.1 Å². The Labute approximate surface area is 223 Å². The first kappa shape index (κ1) is 27.4. The van der Waals surface area contributed by atoms with Gasteiger partial charge in [0.1, 0.15) is 11.5 Å². The summed E-state index contributed by atoms with van der Waals surface area (Å²) in [5.41, 5.74) is 2.16. The van der Waals surface area contributed by atoms with Crippen LogP contribution in [0, 0.1) is 0 Å². The van der Waals surface area contributed by atoms with Gasteiger partial charge in [-0.3, -0.25) is 19.4 Å². The van der Waals surface area contributed by atoms with Crippen molar-refractivity contribution in [2.45, 2.75) is 12.8 Å². The van der Waals surface area contributed by atoms with Gasteiger partial charge in [-0.1, -0.05) is 12.1 Å². The third kappa shape index (κ3) is 6.75. The second-order valence-corrected chi connectivity index (χ2v) is 8.60. The Morgan fingerprint density at radius 1 is 0.811 bits per heavy atom. The topological polar surface area (TPSA) is 119 Å². The fourth-order valence-electron chi connectivity index (χ4n) is 3.55. The molecule has 0 aliphatic heterocycles. The van der Waals surface area contributed by atoms with Crippen molar-refractivity contribution in [3.8, 4) is 11.5 Å². The van der Waals surface area contributed by atoms with Crippen LogP contribution in [0.25, 0.3) is 10.9 Å². The van der Waals surface area contributed by atoms with E-state index in [2.05, 4.69) is 20.9 Å². The van der Waals surface area contributed by atoms with E-state index in [1.54, 1.807) is 42.6 Å². The number of benzene rings is 2. The Balaban J connectivity index is 0.00000380. The summed E-state index contributed by atoms with van der Waals surface area (Å²) in [5.74, 6) is -0.273. The molecule has 0 spiro atoms. The van der Waals surface area contributed by atoms with E-state index in [0.717, 1.165) is 10.9 Å². The first-order valence-electron chi connectivity index (χ1n) is 11.0. The van der Waals surface area contributed by atoms with Crippen molar-refractivity contribution in [2.24, 2.45) is 0 Å². The number of hydrogen-bond acceptors (Lipinski definition) is 7. The largest absolute Gasteiger partial charge is 1.00 e. The van der Waals surface area contributed by atoms with Gasteiger partial charge in [-0.05, 0) is 35.7 Å². The maximum atomic E-state index is 12.6. The first-order chi connectivity index (χ1) is 17.5. The molecule has 0 fully saturated rings. The number of methoxy groups -OCH3 is 2. The summed E-state index contributed by atoms with van der Waals surface area (Å²) in [6, 6.07) is 15.8. The number of hydrogen-bond donors (Lipinski definition) is 3. The van der Waals surface area contributed by atoms with Crippen LogP contribution in [-0.2, 0) is 9.59 Å².